The van der Waals surface area contributed by atoms with Crippen molar-refractivity contribution in [3.05, 3.63) is 36.2 Å². The number of carbonyl (C=O) groups excluding carboxylic acids is 2. The number of hydrogen-bond donors (Lipinski definition) is 2. The highest BCUT2D eigenvalue weighted by atomic mass is 16.2. The number of carbonyl (C=O) groups is 2. The van der Waals surface area contributed by atoms with Gasteiger partial charge in [0.1, 0.15) is 12.4 Å². The molecule has 8 heteroatoms. The van der Waals surface area contributed by atoms with Crippen molar-refractivity contribution >= 4 is 23.7 Å². The summed E-state index contributed by atoms with van der Waals surface area (Å²) >= 11 is 0. The zero-order valence-corrected chi connectivity index (χ0v) is 15.8. The summed E-state index contributed by atoms with van der Waals surface area (Å²) in [6.07, 6.45) is 5.76. The molecule has 0 saturated heterocycles. The first-order valence-corrected chi connectivity index (χ1v) is 9.04. The molecule has 1 saturated carbocycles. The number of benzene rings is 1. The summed E-state index contributed by atoms with van der Waals surface area (Å²) in [7, 11) is 3.75. The van der Waals surface area contributed by atoms with E-state index < -0.39 is 6.04 Å². The maximum absolute atomic E-state index is 11.8. The number of nitrogens with zero attached hydrogens (tertiary/aromatic N) is 4. The number of aromatic nitrogens is 2. The van der Waals surface area contributed by atoms with Gasteiger partial charge < -0.3 is 20.3 Å². The van der Waals surface area contributed by atoms with Gasteiger partial charge in [0.2, 0.25) is 5.91 Å². The van der Waals surface area contributed by atoms with E-state index in [-0.39, 0.29) is 11.8 Å². The Balaban J connectivity index is 1.79. The van der Waals surface area contributed by atoms with Crippen LogP contribution >= 0.6 is 0 Å². The molecule has 28 heavy (non-hydrogen) atoms. The van der Waals surface area contributed by atoms with Gasteiger partial charge in [-0.2, -0.15) is 5.26 Å². The molecule has 0 spiro atoms. The lowest BCUT2D eigenvalue weighted by Gasteiger charge is -2.19. The number of anilines is 2. The van der Waals surface area contributed by atoms with E-state index in [2.05, 4.69) is 26.7 Å². The van der Waals surface area contributed by atoms with Crippen molar-refractivity contribution in [2.24, 2.45) is 5.92 Å². The van der Waals surface area contributed by atoms with Crippen molar-refractivity contribution in [1.29, 1.82) is 5.26 Å². The number of amides is 1. The van der Waals surface area contributed by atoms with Crippen LogP contribution in [-0.4, -0.2) is 53.7 Å². The molecule has 1 aliphatic carbocycles. The predicted octanol–water partition coefficient (Wildman–Crippen LogP) is 1.90. The fraction of sp³-hybridized carbons (Fsp3) is 0.350. The Hall–Kier alpha value is -3.31. The van der Waals surface area contributed by atoms with Crippen LogP contribution in [0.4, 0.5) is 11.5 Å². The summed E-state index contributed by atoms with van der Waals surface area (Å²) < 4.78 is 0. The Bertz CT molecular complexity index is 900. The highest BCUT2D eigenvalue weighted by molar-refractivity contribution is 5.93. The van der Waals surface area contributed by atoms with E-state index in [1.165, 1.54) is 6.20 Å². The van der Waals surface area contributed by atoms with Crippen LogP contribution in [-0.2, 0) is 9.59 Å². The van der Waals surface area contributed by atoms with Crippen LogP contribution in [0, 0.1) is 17.2 Å². The van der Waals surface area contributed by atoms with E-state index in [0.717, 1.165) is 24.7 Å². The third-order valence-electron chi connectivity index (χ3n) is 4.35. The molecule has 1 unspecified atom stereocenters. The molecule has 1 fully saturated rings. The molecule has 0 radical (unpaired) electrons. The molecule has 3 rings (SSSR count). The smallest absolute Gasteiger partial charge is 0.228 e. The third kappa shape index (κ3) is 4.90. The second kappa shape index (κ2) is 8.59. The Morgan fingerprint density at radius 1 is 1.36 bits per heavy atom. The van der Waals surface area contributed by atoms with Crippen molar-refractivity contribution < 1.29 is 9.59 Å². The summed E-state index contributed by atoms with van der Waals surface area (Å²) in [5.74, 6) is 0.494. The van der Waals surface area contributed by atoms with Gasteiger partial charge in [-0.1, -0.05) is 6.07 Å². The van der Waals surface area contributed by atoms with Crippen molar-refractivity contribution in [3.8, 4) is 17.3 Å². The average molecular weight is 378 g/mol. The second-order valence-electron chi connectivity index (χ2n) is 7.07. The van der Waals surface area contributed by atoms with E-state index in [4.69, 9.17) is 0 Å². The van der Waals surface area contributed by atoms with Gasteiger partial charge >= 0.3 is 0 Å². The summed E-state index contributed by atoms with van der Waals surface area (Å²) in [5, 5.41) is 15.2. The predicted molar refractivity (Wildman–Crippen MR) is 106 cm³/mol. The average Bonchev–Trinajstić information content (AvgIpc) is 3.53. The molecule has 8 nitrogen and oxygen atoms in total. The van der Waals surface area contributed by atoms with Gasteiger partial charge in [0.05, 0.1) is 35.4 Å². The van der Waals surface area contributed by atoms with Gasteiger partial charge in [-0.3, -0.25) is 9.78 Å². The molecular formula is C20H22N6O2. The maximum atomic E-state index is 11.8. The number of hydrogen-bond acceptors (Lipinski definition) is 7. The lowest BCUT2D eigenvalue weighted by atomic mass is 10.1. The molecular weight excluding hydrogens is 356 g/mol. The largest absolute Gasteiger partial charge is 0.373 e. The monoisotopic (exact) mass is 378 g/mol. The third-order valence-corrected chi connectivity index (χ3v) is 4.35. The standard InChI is InChI=1S/C20H22N6O2/c1-26(2)11-16(12-27)24-17-7-14(5-6-15(17)8-21)18-9-23-19(10-22-18)25-20(28)13-3-4-13/h5-7,9-10,12-13,16,24H,3-4,11H2,1-2H3,(H,23,25,28). The number of nitriles is 1. The van der Waals surface area contributed by atoms with E-state index in [1.807, 2.05) is 19.0 Å². The van der Waals surface area contributed by atoms with Gasteiger partial charge in [0.15, 0.2) is 5.82 Å². The van der Waals surface area contributed by atoms with Gasteiger partial charge in [0.25, 0.3) is 0 Å². The Morgan fingerprint density at radius 3 is 2.71 bits per heavy atom. The molecule has 1 aromatic heterocycles. The van der Waals surface area contributed by atoms with Gasteiger partial charge in [0, 0.05) is 18.0 Å². The maximum Gasteiger partial charge on any atom is 0.228 e. The molecule has 1 amide bonds. The van der Waals surface area contributed by atoms with Crippen LogP contribution in [0.2, 0.25) is 0 Å². The van der Waals surface area contributed by atoms with Gasteiger partial charge in [-0.25, -0.2) is 4.98 Å². The lowest BCUT2D eigenvalue weighted by Crippen LogP contribution is -2.33. The molecule has 0 aliphatic heterocycles. The Kier molecular flexibility index (Phi) is 5.96. The van der Waals surface area contributed by atoms with Crippen LogP contribution in [0.3, 0.4) is 0 Å². The fourth-order valence-electron chi connectivity index (χ4n) is 2.75. The van der Waals surface area contributed by atoms with Crippen LogP contribution in [0.15, 0.2) is 30.6 Å². The molecule has 2 N–H and O–H groups in total. The van der Waals surface area contributed by atoms with Crippen molar-refractivity contribution in [1.82, 2.24) is 14.9 Å². The van der Waals surface area contributed by atoms with Crippen LogP contribution in [0.1, 0.15) is 18.4 Å². The summed E-state index contributed by atoms with van der Waals surface area (Å²) in [6, 6.07) is 6.92. The highest BCUT2D eigenvalue weighted by Gasteiger charge is 2.29. The number of likely N-dealkylation sites (N-methyl/N-ethyl adjacent to an activating group) is 1. The van der Waals surface area contributed by atoms with Crippen molar-refractivity contribution in [3.63, 3.8) is 0 Å². The SMILES string of the molecule is CN(C)CC(C=O)Nc1cc(-c2cnc(NC(=O)C3CC3)cn2)ccc1C#N. The topological polar surface area (TPSA) is 111 Å². The quantitative estimate of drug-likeness (QED) is 0.675. The zero-order chi connectivity index (χ0) is 20.1. The molecule has 144 valence electrons. The van der Waals surface area contributed by atoms with E-state index in [1.54, 1.807) is 24.4 Å². The van der Waals surface area contributed by atoms with Crippen molar-refractivity contribution in [2.75, 3.05) is 31.3 Å². The molecule has 1 aliphatic rings. The van der Waals surface area contributed by atoms with E-state index >= 15 is 0 Å². The lowest BCUT2D eigenvalue weighted by molar-refractivity contribution is -0.117. The first-order valence-electron chi connectivity index (χ1n) is 9.04. The van der Waals surface area contributed by atoms with E-state index in [0.29, 0.717) is 29.3 Å². The first kappa shape index (κ1) is 19.5. The molecule has 1 aromatic carbocycles. The molecule has 1 heterocycles. The van der Waals surface area contributed by atoms with Crippen LogP contribution in [0.25, 0.3) is 11.3 Å². The minimum Gasteiger partial charge on any atom is -0.373 e. The summed E-state index contributed by atoms with van der Waals surface area (Å²) in [6.45, 7) is 0.508. The molecule has 0 bridgehead atoms. The van der Waals surface area contributed by atoms with Crippen LogP contribution in [0.5, 0.6) is 0 Å². The minimum absolute atomic E-state index is 0.0206. The zero-order valence-electron chi connectivity index (χ0n) is 15.8. The minimum atomic E-state index is -0.441. The molecule has 1 atom stereocenters. The van der Waals surface area contributed by atoms with Gasteiger partial charge in [-0.05, 0) is 39.1 Å². The van der Waals surface area contributed by atoms with Gasteiger partial charge in [-0.15, -0.1) is 0 Å². The Labute approximate surface area is 163 Å². The number of aldehydes is 1. The Morgan fingerprint density at radius 2 is 2.14 bits per heavy atom. The summed E-state index contributed by atoms with van der Waals surface area (Å²) in [5.41, 5.74) is 2.36. The normalized spacial score (nSPS) is 14.2. The van der Waals surface area contributed by atoms with Crippen LogP contribution < -0.4 is 10.6 Å². The molecule has 2 aromatic rings. The van der Waals surface area contributed by atoms with Crippen molar-refractivity contribution in [2.45, 2.75) is 18.9 Å². The highest BCUT2D eigenvalue weighted by Crippen LogP contribution is 2.30. The fourth-order valence-corrected chi connectivity index (χ4v) is 2.75. The summed E-state index contributed by atoms with van der Waals surface area (Å²) in [4.78, 5) is 33.7. The first-order chi connectivity index (χ1) is 13.5. The van der Waals surface area contributed by atoms with E-state index in [9.17, 15) is 14.9 Å². The number of rotatable bonds is 8. The second-order valence-corrected chi connectivity index (χ2v) is 7.07. The number of nitrogens with one attached hydrogen (secondary N) is 2.